The first-order chi connectivity index (χ1) is 20.5. The molecule has 2 rings (SSSR count). The Bertz CT molecular complexity index is 935. The monoisotopic (exact) mass is 620 g/mol. The van der Waals surface area contributed by atoms with E-state index in [9.17, 15) is 18.3 Å². The summed E-state index contributed by atoms with van der Waals surface area (Å²) in [6, 6.07) is -0.259. The zero-order valence-electron chi connectivity index (χ0n) is 28.3. The van der Waals surface area contributed by atoms with Crippen molar-refractivity contribution >= 4 is 0 Å². The summed E-state index contributed by atoms with van der Waals surface area (Å²) in [6.07, 6.45) is 8.00. The number of methoxy groups -OCH3 is 1. The van der Waals surface area contributed by atoms with Gasteiger partial charge < -0.3 is 24.8 Å². The van der Waals surface area contributed by atoms with Gasteiger partial charge in [0.25, 0.3) is 0 Å². The minimum Gasteiger partial charge on any atom is -0.510 e. The van der Waals surface area contributed by atoms with E-state index >= 15 is 0 Å². The van der Waals surface area contributed by atoms with Crippen LogP contribution >= 0.6 is 0 Å². The van der Waals surface area contributed by atoms with Crippen LogP contribution in [0.4, 0.5) is 13.2 Å². The van der Waals surface area contributed by atoms with Crippen molar-refractivity contribution in [3.63, 3.8) is 0 Å². The number of hydrogen-bond donors (Lipinski definition) is 3. The van der Waals surface area contributed by atoms with Gasteiger partial charge in [0.1, 0.15) is 24.4 Å². The summed E-state index contributed by atoms with van der Waals surface area (Å²) in [5, 5.41) is 31.0. The molecule has 0 radical (unpaired) electrons. The molecule has 3 unspecified atom stereocenters. The first kappa shape index (κ1) is 45.0. The van der Waals surface area contributed by atoms with Gasteiger partial charge in [0.05, 0.1) is 18.9 Å². The largest absolute Gasteiger partial charge is 0.510 e. The van der Waals surface area contributed by atoms with Crippen LogP contribution in [-0.4, -0.2) is 57.8 Å². The van der Waals surface area contributed by atoms with Crippen molar-refractivity contribution in [3.8, 4) is 0 Å². The summed E-state index contributed by atoms with van der Waals surface area (Å²) in [4.78, 5) is 0. The Morgan fingerprint density at radius 3 is 2.16 bits per heavy atom. The fourth-order valence-electron chi connectivity index (χ4n) is 3.76. The molecule has 10 heteroatoms. The molecule has 0 amide bonds. The summed E-state index contributed by atoms with van der Waals surface area (Å²) in [5.41, 5.74) is 1.80. The third kappa shape index (κ3) is 18.8. The maximum Gasteiger partial charge on any atom is 0.433 e. The normalized spacial score (nSPS) is 14.8. The fraction of sp³-hybridized carbons (Fsp3) is 0.667. The molecule has 0 spiro atoms. The van der Waals surface area contributed by atoms with Crippen molar-refractivity contribution in [2.75, 3.05) is 20.5 Å². The lowest BCUT2D eigenvalue weighted by atomic mass is 10.0. The topological polar surface area (TPSA) is 97.0 Å². The minimum absolute atomic E-state index is 0.0249. The Morgan fingerprint density at radius 1 is 1.09 bits per heavy atom. The van der Waals surface area contributed by atoms with E-state index in [2.05, 4.69) is 16.8 Å². The van der Waals surface area contributed by atoms with E-state index in [-0.39, 0.29) is 37.2 Å². The van der Waals surface area contributed by atoms with Crippen LogP contribution in [0.25, 0.3) is 0 Å². The number of allylic oxidation sites excluding steroid dienone is 6. The van der Waals surface area contributed by atoms with Crippen molar-refractivity contribution in [1.29, 1.82) is 0 Å². The van der Waals surface area contributed by atoms with E-state index in [1.165, 1.54) is 31.9 Å². The van der Waals surface area contributed by atoms with E-state index in [4.69, 9.17) is 14.9 Å². The molecule has 1 aliphatic carbocycles. The van der Waals surface area contributed by atoms with Crippen LogP contribution in [0.3, 0.4) is 0 Å². The lowest BCUT2D eigenvalue weighted by molar-refractivity contribution is -0.145. The first-order valence-electron chi connectivity index (χ1n) is 15.5. The second-order valence-corrected chi connectivity index (χ2v) is 8.88. The van der Waals surface area contributed by atoms with Gasteiger partial charge in [0, 0.05) is 25.1 Å². The summed E-state index contributed by atoms with van der Waals surface area (Å²) >= 11 is 0. The Kier molecular flexibility index (Phi) is 28.5. The average molecular weight is 621 g/mol. The van der Waals surface area contributed by atoms with Crippen LogP contribution in [-0.2, 0) is 22.1 Å². The minimum atomic E-state index is -4.40. The van der Waals surface area contributed by atoms with Crippen LogP contribution in [0.1, 0.15) is 112 Å². The summed E-state index contributed by atoms with van der Waals surface area (Å²) in [5.74, 6) is -0.199. The van der Waals surface area contributed by atoms with Crippen molar-refractivity contribution in [3.05, 3.63) is 64.7 Å². The van der Waals surface area contributed by atoms with Gasteiger partial charge in [-0.2, -0.15) is 18.3 Å². The highest BCUT2D eigenvalue weighted by Crippen LogP contribution is 2.35. The number of aromatic nitrogens is 2. The SMILES string of the molecule is CC.CC.CC.CCCC(C)n1ncc(CC2=CC=C(CC)CC=C2)c1C(F)(F)F.COCOC(CO)/C(O)=C\C(C)O. The number of ether oxygens (including phenoxy) is 2. The zero-order valence-corrected chi connectivity index (χ0v) is 28.3. The van der Waals surface area contributed by atoms with Gasteiger partial charge in [0.2, 0.25) is 0 Å². The Hall–Kier alpha value is -2.40. The fourth-order valence-corrected chi connectivity index (χ4v) is 3.76. The number of aliphatic hydroxyl groups excluding tert-OH is 3. The number of alkyl halides is 3. The van der Waals surface area contributed by atoms with Gasteiger partial charge in [-0.15, -0.1) is 0 Å². The van der Waals surface area contributed by atoms with E-state index in [0.717, 1.165) is 29.5 Å². The predicted molar refractivity (Wildman–Crippen MR) is 171 cm³/mol. The second-order valence-electron chi connectivity index (χ2n) is 8.88. The van der Waals surface area contributed by atoms with Crippen LogP contribution in [0.15, 0.2) is 53.5 Å². The van der Waals surface area contributed by atoms with E-state index in [1.807, 2.05) is 72.8 Å². The summed E-state index contributed by atoms with van der Waals surface area (Å²) in [7, 11) is 1.43. The molecule has 0 aliphatic heterocycles. The molecular weight excluding hydrogens is 561 g/mol. The number of halogens is 3. The van der Waals surface area contributed by atoms with Gasteiger partial charge in [-0.25, -0.2) is 0 Å². The Morgan fingerprint density at radius 2 is 1.70 bits per heavy atom. The van der Waals surface area contributed by atoms with Gasteiger partial charge in [-0.1, -0.05) is 91.7 Å². The highest BCUT2D eigenvalue weighted by Gasteiger charge is 2.39. The van der Waals surface area contributed by atoms with E-state index in [0.29, 0.717) is 6.42 Å². The van der Waals surface area contributed by atoms with Crippen molar-refractivity contribution in [2.24, 2.45) is 0 Å². The number of hydrogen-bond acceptors (Lipinski definition) is 6. The molecule has 1 aliphatic rings. The maximum absolute atomic E-state index is 13.6. The molecule has 1 aromatic heterocycles. The smallest absolute Gasteiger partial charge is 0.433 e. The van der Waals surface area contributed by atoms with Crippen molar-refractivity contribution < 1.29 is 38.0 Å². The molecular formula is C33H59F3N2O5. The molecule has 0 saturated carbocycles. The lowest BCUT2D eigenvalue weighted by Crippen LogP contribution is -2.22. The molecule has 1 heterocycles. The predicted octanol–water partition coefficient (Wildman–Crippen LogP) is 8.90. The highest BCUT2D eigenvalue weighted by molar-refractivity contribution is 5.36. The molecule has 3 N–H and O–H groups in total. The van der Waals surface area contributed by atoms with Gasteiger partial charge in [-0.05, 0) is 44.8 Å². The van der Waals surface area contributed by atoms with Crippen LogP contribution in [0.2, 0.25) is 0 Å². The molecule has 3 atom stereocenters. The molecule has 43 heavy (non-hydrogen) atoms. The van der Waals surface area contributed by atoms with Crippen LogP contribution in [0.5, 0.6) is 0 Å². The van der Waals surface area contributed by atoms with E-state index < -0.39 is 24.1 Å². The molecule has 1 aromatic rings. The lowest BCUT2D eigenvalue weighted by Gasteiger charge is -2.18. The molecule has 0 fully saturated rings. The van der Waals surface area contributed by atoms with Crippen LogP contribution in [0, 0.1) is 0 Å². The zero-order chi connectivity index (χ0) is 34.0. The summed E-state index contributed by atoms with van der Waals surface area (Å²) in [6.45, 7) is 18.9. The first-order valence-corrected chi connectivity index (χ1v) is 15.5. The van der Waals surface area contributed by atoms with Crippen LogP contribution < -0.4 is 0 Å². The molecule has 252 valence electrons. The number of rotatable bonds is 12. The van der Waals surface area contributed by atoms with Gasteiger partial charge in [-0.3, -0.25) is 4.68 Å². The van der Waals surface area contributed by atoms with Crippen molar-refractivity contribution in [1.82, 2.24) is 9.78 Å². The van der Waals surface area contributed by atoms with Gasteiger partial charge >= 0.3 is 6.18 Å². The van der Waals surface area contributed by atoms with Gasteiger partial charge in [0.15, 0.2) is 0 Å². The molecule has 0 aromatic carbocycles. The standard InChI is InChI=1S/C19H25F3N2.C8H16O5.3C2H6/c1-4-7-14(3)24-18(19(20,21)22)17(13-23-24)12-16-9-6-8-15(5-2)10-11-16;1-6(10)3-7(11)8(4-9)13-5-12-2;3*1-2/h6,9-11,13-14H,4-5,7-8,12H2,1-3H3;3,6,8-11H,4-5H2,1-2H3;3*1-2H3/b;7-3+;;;. The molecule has 7 nitrogen and oxygen atoms in total. The summed E-state index contributed by atoms with van der Waals surface area (Å²) < 4.78 is 51.4. The van der Waals surface area contributed by atoms with E-state index in [1.54, 1.807) is 6.92 Å². The van der Waals surface area contributed by atoms with Crippen molar-refractivity contribution in [2.45, 2.75) is 126 Å². The Labute approximate surface area is 258 Å². The third-order valence-corrected chi connectivity index (χ3v) is 5.65. The molecule has 0 saturated heterocycles. The quantitative estimate of drug-likeness (QED) is 0.160. The maximum atomic E-state index is 13.6. The number of aliphatic hydroxyl groups is 3. The average Bonchev–Trinajstić information content (AvgIpc) is 3.29. The Balaban J connectivity index is -0.000000716. The molecule has 0 bridgehead atoms. The number of nitrogens with zero attached hydrogens (tertiary/aromatic N) is 2. The highest BCUT2D eigenvalue weighted by atomic mass is 19.4. The third-order valence-electron chi connectivity index (χ3n) is 5.65. The second kappa shape index (κ2) is 27.2.